The number of halogens is 4. The number of benzene rings is 1. The number of nitrogens with one attached hydrogen (secondary N) is 2. The Kier molecular flexibility index (Phi) is 9.58. The van der Waals surface area contributed by atoms with E-state index in [0.29, 0.717) is 36.8 Å². The van der Waals surface area contributed by atoms with Crippen molar-refractivity contribution >= 4 is 29.1 Å². The highest BCUT2D eigenvalue weighted by Gasteiger charge is 2.45. The molecule has 1 heterocycles. The molecular weight excluding hydrogens is 461 g/mol. The van der Waals surface area contributed by atoms with Crippen molar-refractivity contribution in [3.8, 4) is 0 Å². The summed E-state index contributed by atoms with van der Waals surface area (Å²) >= 11 is 6.37. The first-order valence-corrected chi connectivity index (χ1v) is 11.4. The first-order valence-electron chi connectivity index (χ1n) is 11.0. The molecule has 0 aromatic heterocycles. The smallest absolute Gasteiger partial charge is 0.396 e. The quantitative estimate of drug-likeness (QED) is 0.500. The predicted octanol–water partition coefficient (Wildman–Crippen LogP) is 4.44. The lowest BCUT2D eigenvalue weighted by atomic mass is 9.87. The van der Waals surface area contributed by atoms with Crippen molar-refractivity contribution in [1.29, 1.82) is 0 Å². The molecule has 1 aromatic rings. The van der Waals surface area contributed by atoms with Crippen molar-refractivity contribution in [1.82, 2.24) is 5.32 Å². The summed E-state index contributed by atoms with van der Waals surface area (Å²) in [5, 5.41) is 14.4. The average molecular weight is 493 g/mol. The second kappa shape index (κ2) is 11.5. The monoisotopic (exact) mass is 492 g/mol. The number of hydrogen-bond donors (Lipinski definition) is 3. The van der Waals surface area contributed by atoms with Gasteiger partial charge in [0.15, 0.2) is 0 Å². The minimum absolute atomic E-state index is 0.176. The molecule has 1 saturated heterocycles. The molecule has 6 nitrogen and oxygen atoms in total. The van der Waals surface area contributed by atoms with Crippen molar-refractivity contribution in [3.63, 3.8) is 0 Å². The summed E-state index contributed by atoms with van der Waals surface area (Å²) < 4.78 is 45.6. The van der Waals surface area contributed by atoms with Gasteiger partial charge >= 0.3 is 6.18 Å². The molecule has 1 aliphatic heterocycles. The van der Waals surface area contributed by atoms with Crippen LogP contribution in [0.5, 0.6) is 0 Å². The van der Waals surface area contributed by atoms with E-state index in [0.717, 1.165) is 5.56 Å². The second-order valence-electron chi connectivity index (χ2n) is 9.33. The summed E-state index contributed by atoms with van der Waals surface area (Å²) in [6.45, 7) is 6.23. The summed E-state index contributed by atoms with van der Waals surface area (Å²) in [6, 6.07) is 3.88. The van der Waals surface area contributed by atoms with E-state index in [9.17, 15) is 22.8 Å². The van der Waals surface area contributed by atoms with E-state index in [1.807, 2.05) is 20.8 Å². The van der Waals surface area contributed by atoms with Gasteiger partial charge in [-0.15, -0.1) is 0 Å². The van der Waals surface area contributed by atoms with Crippen LogP contribution in [0.3, 0.4) is 0 Å². The van der Waals surface area contributed by atoms with Gasteiger partial charge in [0.25, 0.3) is 0 Å². The number of ether oxygens (including phenoxy) is 1. The first-order chi connectivity index (χ1) is 15.3. The van der Waals surface area contributed by atoms with E-state index >= 15 is 0 Å². The molecular formula is C23H32ClF3N2O4. The summed E-state index contributed by atoms with van der Waals surface area (Å²) in [5.41, 5.74) is 1.06. The largest absolute Gasteiger partial charge is 0.400 e. The molecule has 10 heteroatoms. The Balaban J connectivity index is 2.23. The minimum atomic E-state index is -4.79. The summed E-state index contributed by atoms with van der Waals surface area (Å²) in [4.78, 5) is 25.7. The van der Waals surface area contributed by atoms with Gasteiger partial charge in [0, 0.05) is 30.5 Å². The standard InChI is InChI=1S/C23H32ClF3N2O4/c1-22(2,3)16-7-6-15(13-18(16)24)28-21(32)19(14-8-11-33-12-9-14)29-20(31)17(5-4-10-30)23(25,26)27/h6-7,13-14,17,19,30H,4-5,8-12H2,1-3H3,(H,28,32)(H,29,31)/t17?,19-/m1/s1. The van der Waals surface area contributed by atoms with E-state index in [1.54, 1.807) is 18.2 Å². The predicted molar refractivity (Wildman–Crippen MR) is 120 cm³/mol. The number of aliphatic hydroxyl groups is 1. The Morgan fingerprint density at radius 2 is 1.82 bits per heavy atom. The lowest BCUT2D eigenvalue weighted by Crippen LogP contribution is -2.53. The zero-order valence-electron chi connectivity index (χ0n) is 19.1. The van der Waals surface area contributed by atoms with Crippen LogP contribution in [0.4, 0.5) is 18.9 Å². The number of amides is 2. The topological polar surface area (TPSA) is 87.7 Å². The maximum atomic E-state index is 13.4. The maximum absolute atomic E-state index is 13.4. The molecule has 2 atom stereocenters. The van der Waals surface area contributed by atoms with Gasteiger partial charge in [-0.2, -0.15) is 13.2 Å². The lowest BCUT2D eigenvalue weighted by molar-refractivity contribution is -0.185. The number of hydrogen-bond acceptors (Lipinski definition) is 4. The Morgan fingerprint density at radius 1 is 1.18 bits per heavy atom. The molecule has 2 amide bonds. The fraction of sp³-hybridized carbons (Fsp3) is 0.652. The molecule has 2 rings (SSSR count). The van der Waals surface area contributed by atoms with Crippen molar-refractivity contribution in [2.45, 2.75) is 64.1 Å². The highest BCUT2D eigenvalue weighted by Crippen LogP contribution is 2.33. The van der Waals surface area contributed by atoms with Gasteiger partial charge in [-0.3, -0.25) is 9.59 Å². The number of rotatable bonds is 8. The van der Waals surface area contributed by atoms with Crippen molar-refractivity contribution < 1.29 is 32.6 Å². The normalized spacial score (nSPS) is 17.3. The van der Waals surface area contributed by atoms with Crippen LogP contribution in [-0.2, 0) is 19.7 Å². The molecule has 0 aliphatic carbocycles. The van der Waals surface area contributed by atoms with E-state index in [2.05, 4.69) is 10.6 Å². The first kappa shape index (κ1) is 27.4. The van der Waals surface area contributed by atoms with Gasteiger partial charge < -0.3 is 20.5 Å². The van der Waals surface area contributed by atoms with Crippen molar-refractivity contribution in [2.24, 2.45) is 11.8 Å². The minimum Gasteiger partial charge on any atom is -0.396 e. The van der Waals surface area contributed by atoms with Gasteiger partial charge in [0.2, 0.25) is 11.8 Å². The highest BCUT2D eigenvalue weighted by atomic mass is 35.5. The SMILES string of the molecule is CC(C)(C)c1ccc(NC(=O)[C@H](NC(=O)C(CCCO)C(F)(F)F)C2CCOCC2)cc1Cl. The Labute approximate surface area is 197 Å². The zero-order chi connectivity index (χ0) is 24.8. The van der Waals surface area contributed by atoms with Crippen LogP contribution >= 0.6 is 11.6 Å². The Bertz CT molecular complexity index is 821. The molecule has 3 N–H and O–H groups in total. The molecule has 0 bridgehead atoms. The Morgan fingerprint density at radius 3 is 2.33 bits per heavy atom. The molecule has 0 radical (unpaired) electrons. The van der Waals surface area contributed by atoms with Crippen LogP contribution in [0.1, 0.15) is 52.0 Å². The van der Waals surface area contributed by atoms with E-state index < -0.39 is 43.0 Å². The van der Waals surface area contributed by atoms with Gasteiger partial charge in [-0.1, -0.05) is 38.4 Å². The number of carbonyl (C=O) groups excluding carboxylic acids is 2. The van der Waals surface area contributed by atoms with Crippen molar-refractivity contribution in [2.75, 3.05) is 25.1 Å². The van der Waals surface area contributed by atoms with Crippen LogP contribution < -0.4 is 10.6 Å². The van der Waals surface area contributed by atoms with Gasteiger partial charge in [-0.25, -0.2) is 0 Å². The third kappa shape index (κ3) is 7.86. The van der Waals surface area contributed by atoms with Crippen molar-refractivity contribution in [3.05, 3.63) is 28.8 Å². The number of carbonyl (C=O) groups is 2. The van der Waals surface area contributed by atoms with Crippen LogP contribution in [0, 0.1) is 11.8 Å². The lowest BCUT2D eigenvalue weighted by Gasteiger charge is -2.31. The third-order valence-electron chi connectivity index (χ3n) is 5.72. The fourth-order valence-corrected chi connectivity index (χ4v) is 4.32. The summed E-state index contributed by atoms with van der Waals surface area (Å²) in [6.07, 6.45) is -4.67. The van der Waals surface area contributed by atoms with E-state index in [-0.39, 0.29) is 17.8 Å². The molecule has 1 aliphatic rings. The van der Waals surface area contributed by atoms with E-state index in [1.165, 1.54) is 0 Å². The maximum Gasteiger partial charge on any atom is 0.400 e. The second-order valence-corrected chi connectivity index (χ2v) is 9.74. The van der Waals surface area contributed by atoms with Gasteiger partial charge in [-0.05, 0) is 54.7 Å². The third-order valence-corrected chi connectivity index (χ3v) is 6.04. The fourth-order valence-electron chi connectivity index (χ4n) is 3.86. The molecule has 0 spiro atoms. The number of alkyl halides is 3. The molecule has 186 valence electrons. The van der Waals surface area contributed by atoms with Crippen LogP contribution in [-0.4, -0.2) is 49.0 Å². The highest BCUT2D eigenvalue weighted by molar-refractivity contribution is 6.31. The zero-order valence-corrected chi connectivity index (χ0v) is 19.9. The molecule has 1 aromatic carbocycles. The van der Waals surface area contributed by atoms with Gasteiger partial charge in [0.05, 0.1) is 0 Å². The molecule has 0 saturated carbocycles. The van der Waals surface area contributed by atoms with Crippen LogP contribution in [0.25, 0.3) is 0 Å². The summed E-state index contributed by atoms with van der Waals surface area (Å²) in [7, 11) is 0. The summed E-state index contributed by atoms with van der Waals surface area (Å²) in [5.74, 6) is -4.57. The van der Waals surface area contributed by atoms with Crippen LogP contribution in [0.2, 0.25) is 5.02 Å². The molecule has 1 fully saturated rings. The average Bonchev–Trinajstić information content (AvgIpc) is 2.71. The number of anilines is 1. The van der Waals surface area contributed by atoms with Crippen LogP contribution in [0.15, 0.2) is 18.2 Å². The molecule has 1 unspecified atom stereocenters. The van der Waals surface area contributed by atoms with E-state index in [4.69, 9.17) is 21.4 Å². The number of aliphatic hydroxyl groups excluding tert-OH is 1. The Hall–Kier alpha value is -1.84. The molecule has 33 heavy (non-hydrogen) atoms. The van der Waals surface area contributed by atoms with Gasteiger partial charge in [0.1, 0.15) is 12.0 Å².